The molecule has 0 aliphatic heterocycles. The van der Waals surface area contributed by atoms with E-state index in [9.17, 15) is 22.4 Å². The summed E-state index contributed by atoms with van der Waals surface area (Å²) in [5.41, 5.74) is 6.05. The van der Waals surface area contributed by atoms with Crippen molar-refractivity contribution in [3.8, 4) is 0 Å². The fourth-order valence-corrected chi connectivity index (χ4v) is 7.03. The Morgan fingerprint density at radius 3 is 2.73 bits per heavy atom. The molecule has 5 nitrogen and oxygen atoms in total. The molecule has 2 N–H and O–H groups in total. The minimum absolute atomic E-state index is 0.147. The molecule has 6 rings (SSSR count). The molecule has 1 aromatic heterocycles. The summed E-state index contributed by atoms with van der Waals surface area (Å²) in [5, 5.41) is 10.1. The van der Waals surface area contributed by atoms with Gasteiger partial charge in [-0.15, -0.1) is 0 Å². The van der Waals surface area contributed by atoms with Crippen LogP contribution >= 0.6 is 0 Å². The molecule has 0 saturated heterocycles. The van der Waals surface area contributed by atoms with E-state index in [-0.39, 0.29) is 12.2 Å². The summed E-state index contributed by atoms with van der Waals surface area (Å²) < 4.78 is 58.2. The molecule has 4 aliphatic rings. The first-order valence-electron chi connectivity index (χ1n) is 13.8. The number of nitrogens with zero attached hydrogens (tertiary/aromatic N) is 2. The molecule has 0 bridgehead atoms. The van der Waals surface area contributed by atoms with Crippen LogP contribution in [0.1, 0.15) is 55.8 Å². The predicted molar refractivity (Wildman–Crippen MR) is 147 cm³/mol. The zero-order valence-electron chi connectivity index (χ0n) is 22.5. The number of anilines is 1. The van der Waals surface area contributed by atoms with Crippen molar-refractivity contribution in [1.29, 1.82) is 0 Å². The smallest absolute Gasteiger partial charge is 0.334 e. The molecule has 0 radical (unpaired) electrons. The summed E-state index contributed by atoms with van der Waals surface area (Å²) in [6.45, 7) is 3.99. The summed E-state index contributed by atoms with van der Waals surface area (Å²) in [5.74, 6) is -2.24. The van der Waals surface area contributed by atoms with E-state index in [1.54, 1.807) is 30.4 Å². The Balaban J connectivity index is 1.30. The van der Waals surface area contributed by atoms with Crippen molar-refractivity contribution in [2.45, 2.75) is 64.6 Å². The Morgan fingerprint density at radius 1 is 1.18 bits per heavy atom. The van der Waals surface area contributed by atoms with Gasteiger partial charge >= 0.3 is 12.2 Å². The standard InChI is InChI=1S/C31H32F4N4O/c1-18-4-3-5-22(14-18)37-29(40)38-28-24-11-6-20-15-27-19(17-36-39(27)23-9-7-21(32)8-10-23)16-30(20,2)25(24)12-13-26(28)31(33,34)35/h3-5,7,9,12,14-15,17,24,26,28H,6,8,10-11,13,16H2,1-2H3,(H2,37,38,40)/t24-,26+,28+,30?/m0/s1. The highest BCUT2D eigenvalue weighted by Gasteiger charge is 2.54. The van der Waals surface area contributed by atoms with E-state index in [0.29, 0.717) is 37.8 Å². The minimum Gasteiger partial charge on any atom is -0.334 e. The molecule has 40 heavy (non-hydrogen) atoms. The third-order valence-corrected chi connectivity index (χ3v) is 9.01. The number of allylic oxidation sites excluding steroid dienone is 6. The van der Waals surface area contributed by atoms with Crippen LogP contribution in [0.25, 0.3) is 11.8 Å². The summed E-state index contributed by atoms with van der Waals surface area (Å²) in [6.07, 6.45) is 6.99. The van der Waals surface area contributed by atoms with Gasteiger partial charge in [0.25, 0.3) is 0 Å². The normalized spacial score (nSPS) is 27.7. The lowest BCUT2D eigenvalue weighted by molar-refractivity contribution is -0.186. The van der Waals surface area contributed by atoms with E-state index in [1.807, 2.05) is 23.9 Å². The molecule has 210 valence electrons. The zero-order valence-corrected chi connectivity index (χ0v) is 22.5. The van der Waals surface area contributed by atoms with Crippen LogP contribution in [-0.2, 0) is 6.42 Å². The maximum atomic E-state index is 14.3. The van der Waals surface area contributed by atoms with Gasteiger partial charge < -0.3 is 10.6 Å². The number of carbonyl (C=O) groups is 1. The van der Waals surface area contributed by atoms with Crippen molar-refractivity contribution < 1.29 is 22.4 Å². The number of hydrogen-bond acceptors (Lipinski definition) is 2. The number of aryl methyl sites for hydroxylation is 1. The van der Waals surface area contributed by atoms with Gasteiger partial charge in [0.1, 0.15) is 5.83 Å². The fourth-order valence-electron chi connectivity index (χ4n) is 7.03. The third-order valence-electron chi connectivity index (χ3n) is 9.01. The highest BCUT2D eigenvalue weighted by atomic mass is 19.4. The Hall–Kier alpha value is -3.62. The highest BCUT2D eigenvalue weighted by Crippen LogP contribution is 2.57. The molecule has 1 heterocycles. The maximum Gasteiger partial charge on any atom is 0.394 e. The van der Waals surface area contributed by atoms with Crippen LogP contribution in [0.3, 0.4) is 0 Å². The van der Waals surface area contributed by atoms with E-state index >= 15 is 0 Å². The molecule has 0 spiro atoms. The average molecular weight is 553 g/mol. The average Bonchev–Trinajstić information content (AvgIpc) is 3.29. The number of halogens is 4. The first kappa shape index (κ1) is 26.6. The van der Waals surface area contributed by atoms with Gasteiger partial charge in [-0.2, -0.15) is 18.3 Å². The topological polar surface area (TPSA) is 59.0 Å². The van der Waals surface area contributed by atoms with Crippen LogP contribution < -0.4 is 10.6 Å². The summed E-state index contributed by atoms with van der Waals surface area (Å²) in [4.78, 5) is 13.0. The minimum atomic E-state index is -4.44. The second-order valence-electron chi connectivity index (χ2n) is 11.6. The summed E-state index contributed by atoms with van der Waals surface area (Å²) in [6, 6.07) is 5.48. The molecule has 1 unspecified atom stereocenters. The largest absolute Gasteiger partial charge is 0.394 e. The number of alkyl halides is 3. The lowest BCUT2D eigenvalue weighted by Crippen LogP contribution is -2.56. The molecule has 2 aromatic rings. The second kappa shape index (κ2) is 9.78. The van der Waals surface area contributed by atoms with Crippen molar-refractivity contribution in [1.82, 2.24) is 15.1 Å². The Kier molecular flexibility index (Phi) is 6.50. The lowest BCUT2D eigenvalue weighted by Gasteiger charge is -2.51. The predicted octanol–water partition coefficient (Wildman–Crippen LogP) is 7.73. The van der Waals surface area contributed by atoms with Crippen molar-refractivity contribution in [2.24, 2.45) is 17.3 Å². The fraction of sp³-hybridized carbons (Fsp3) is 0.419. The molecule has 2 amide bonds. The van der Waals surface area contributed by atoms with E-state index in [4.69, 9.17) is 0 Å². The maximum absolute atomic E-state index is 14.3. The van der Waals surface area contributed by atoms with Gasteiger partial charge in [-0.05, 0) is 80.5 Å². The molecule has 4 atom stereocenters. The van der Waals surface area contributed by atoms with Crippen LogP contribution in [0, 0.1) is 24.2 Å². The van der Waals surface area contributed by atoms with E-state index in [1.165, 1.54) is 6.08 Å². The number of aromatic nitrogens is 2. The first-order valence-corrected chi connectivity index (χ1v) is 13.8. The molecule has 9 heteroatoms. The molecule has 1 aromatic carbocycles. The first-order chi connectivity index (χ1) is 19.0. The monoisotopic (exact) mass is 552 g/mol. The van der Waals surface area contributed by atoms with Gasteiger partial charge in [0.15, 0.2) is 0 Å². The molecular weight excluding hydrogens is 520 g/mol. The Bertz CT molecular complexity index is 1480. The van der Waals surface area contributed by atoms with E-state index in [0.717, 1.165) is 33.7 Å². The van der Waals surface area contributed by atoms with Gasteiger partial charge in [0.05, 0.1) is 17.8 Å². The second-order valence-corrected chi connectivity index (χ2v) is 11.6. The number of rotatable bonds is 3. The molecular formula is C31H32F4N4O. The number of hydrogen-bond donors (Lipinski definition) is 2. The number of nitrogens with one attached hydrogen (secondary N) is 2. The van der Waals surface area contributed by atoms with Crippen LogP contribution in [0.15, 0.2) is 65.7 Å². The summed E-state index contributed by atoms with van der Waals surface area (Å²) in [7, 11) is 0. The quantitative estimate of drug-likeness (QED) is 0.302. The summed E-state index contributed by atoms with van der Waals surface area (Å²) >= 11 is 0. The van der Waals surface area contributed by atoms with Crippen LogP contribution in [-0.4, -0.2) is 28.0 Å². The van der Waals surface area contributed by atoms with Gasteiger partial charge in [-0.1, -0.05) is 36.3 Å². The number of fused-ring (bicyclic) bond motifs is 4. The van der Waals surface area contributed by atoms with Gasteiger partial charge in [-0.3, -0.25) is 0 Å². The molecule has 1 saturated carbocycles. The van der Waals surface area contributed by atoms with Crippen molar-refractivity contribution in [3.05, 3.63) is 82.5 Å². The van der Waals surface area contributed by atoms with Crippen LogP contribution in [0.4, 0.5) is 28.0 Å². The van der Waals surface area contributed by atoms with E-state index in [2.05, 4.69) is 28.7 Å². The highest BCUT2D eigenvalue weighted by molar-refractivity contribution is 5.89. The van der Waals surface area contributed by atoms with E-state index < -0.39 is 35.5 Å². The van der Waals surface area contributed by atoms with Crippen LogP contribution in [0.5, 0.6) is 0 Å². The third kappa shape index (κ3) is 4.69. The number of benzene rings is 1. The van der Waals surface area contributed by atoms with Crippen molar-refractivity contribution >= 4 is 23.5 Å². The zero-order chi connectivity index (χ0) is 28.2. The number of carbonyl (C=O) groups excluding carboxylic acids is 1. The van der Waals surface area contributed by atoms with Gasteiger partial charge in [0, 0.05) is 35.2 Å². The number of amides is 2. The van der Waals surface area contributed by atoms with Crippen molar-refractivity contribution in [3.63, 3.8) is 0 Å². The Morgan fingerprint density at radius 2 is 2.00 bits per heavy atom. The van der Waals surface area contributed by atoms with Gasteiger partial charge in [0.2, 0.25) is 0 Å². The molecule has 1 fully saturated rings. The van der Waals surface area contributed by atoms with Crippen LogP contribution in [0.2, 0.25) is 0 Å². The molecule has 4 aliphatic carbocycles. The SMILES string of the molecule is Cc1cccc(NC(=O)N[C@H]2[C@H](C(F)(F)F)CC=C3[C@@H]2CCC2=Cc4c(cnn4C4=CC=C(F)CC4)CC23C)c1. The Labute approximate surface area is 230 Å². The van der Waals surface area contributed by atoms with Gasteiger partial charge in [-0.25, -0.2) is 13.9 Å². The van der Waals surface area contributed by atoms with Crippen molar-refractivity contribution in [2.75, 3.05) is 5.32 Å². The lowest BCUT2D eigenvalue weighted by atomic mass is 9.55. The number of urea groups is 1.